The van der Waals surface area contributed by atoms with Gasteiger partial charge in [0, 0.05) is 11.1 Å². The van der Waals surface area contributed by atoms with Crippen LogP contribution in [0.5, 0.6) is 0 Å². The molecule has 0 amide bonds. The van der Waals surface area contributed by atoms with Gasteiger partial charge in [-0.2, -0.15) is 0 Å². The monoisotopic (exact) mass is 376 g/mol. The summed E-state index contributed by atoms with van der Waals surface area (Å²) in [6.07, 6.45) is 0. The molecule has 0 aliphatic heterocycles. The number of thiophene rings is 1. The minimum atomic E-state index is 0.0448. The molecule has 0 fully saturated rings. The third kappa shape index (κ3) is 3.99. The number of benzene rings is 2. The predicted molar refractivity (Wildman–Crippen MR) is 107 cm³/mol. The van der Waals surface area contributed by atoms with Gasteiger partial charge in [0.05, 0.1) is 4.88 Å². The average molecular weight is 377 g/mol. The van der Waals surface area contributed by atoms with Crippen molar-refractivity contribution in [2.24, 2.45) is 0 Å². The lowest BCUT2D eigenvalue weighted by molar-refractivity contribution is -0.725. The summed E-state index contributed by atoms with van der Waals surface area (Å²) < 4.78 is 5.99. The normalized spacial score (nSPS) is 13.4. The van der Waals surface area contributed by atoms with E-state index in [2.05, 4.69) is 83.3 Å². The summed E-state index contributed by atoms with van der Waals surface area (Å²) in [6, 6.07) is 23.2. The van der Waals surface area contributed by atoms with Gasteiger partial charge in [-0.25, -0.2) is 0 Å². The van der Waals surface area contributed by atoms with Crippen LogP contribution >= 0.6 is 11.3 Å². The fraction of sp³-hybridized carbons (Fsp3) is 0.182. The van der Waals surface area contributed by atoms with E-state index in [-0.39, 0.29) is 12.1 Å². The van der Waals surface area contributed by atoms with Gasteiger partial charge in [0.1, 0.15) is 6.04 Å². The Morgan fingerprint density at radius 3 is 2.56 bits per heavy atom. The first-order valence-electron chi connectivity index (χ1n) is 9.04. The van der Waals surface area contributed by atoms with Crippen molar-refractivity contribution in [1.82, 2.24) is 10.2 Å². The van der Waals surface area contributed by atoms with Crippen LogP contribution in [0.1, 0.15) is 40.9 Å². The highest BCUT2D eigenvalue weighted by Gasteiger charge is 2.25. The Morgan fingerprint density at radius 1 is 0.963 bits per heavy atom. The summed E-state index contributed by atoms with van der Waals surface area (Å²) in [5, 5.41) is 13.0. The van der Waals surface area contributed by atoms with Crippen LogP contribution in [0.25, 0.3) is 11.5 Å². The molecule has 4 aromatic rings. The van der Waals surface area contributed by atoms with Gasteiger partial charge in [-0.3, -0.25) is 0 Å². The van der Waals surface area contributed by atoms with Gasteiger partial charge < -0.3 is 9.73 Å². The molecule has 0 spiro atoms. The molecule has 0 saturated carbocycles. The molecule has 2 N–H and O–H groups in total. The van der Waals surface area contributed by atoms with Crippen LogP contribution in [-0.2, 0) is 0 Å². The van der Waals surface area contributed by atoms with Crippen molar-refractivity contribution in [3.8, 4) is 11.5 Å². The fourth-order valence-electron chi connectivity index (χ4n) is 3.18. The largest absolute Gasteiger partial charge is 0.415 e. The SMILES string of the molecule is Cc1cccc(-c2nnc([C@H](C)[NH2+][C@H](c3ccccc3)c3cccs3)o2)c1. The molecule has 0 radical (unpaired) electrons. The van der Waals surface area contributed by atoms with Gasteiger partial charge in [0.15, 0.2) is 6.04 Å². The molecule has 4 rings (SSSR count). The standard InChI is InChI=1S/C22H21N3OS/c1-15-8-6-11-18(14-15)22-25-24-21(26-22)16(2)23-20(19-12-7-13-27-19)17-9-4-3-5-10-17/h3-14,16,20,23H,1-2H3/p+1/t16-,20+/m0/s1. The van der Waals surface area contributed by atoms with Gasteiger partial charge >= 0.3 is 0 Å². The van der Waals surface area contributed by atoms with Crippen LogP contribution in [0.15, 0.2) is 76.5 Å². The van der Waals surface area contributed by atoms with Gasteiger partial charge in [-0.1, -0.05) is 54.1 Å². The van der Waals surface area contributed by atoms with E-state index in [0.717, 1.165) is 5.56 Å². The molecule has 2 aromatic carbocycles. The number of quaternary nitrogens is 1. The van der Waals surface area contributed by atoms with E-state index in [1.165, 1.54) is 16.0 Å². The fourth-order valence-corrected chi connectivity index (χ4v) is 4.02. The van der Waals surface area contributed by atoms with Crippen molar-refractivity contribution in [2.75, 3.05) is 0 Å². The molecule has 136 valence electrons. The zero-order chi connectivity index (χ0) is 18.6. The molecule has 4 nitrogen and oxygen atoms in total. The highest BCUT2D eigenvalue weighted by Crippen LogP contribution is 2.25. The summed E-state index contributed by atoms with van der Waals surface area (Å²) in [7, 11) is 0. The maximum Gasteiger partial charge on any atom is 0.274 e. The summed E-state index contributed by atoms with van der Waals surface area (Å²) in [6.45, 7) is 4.17. The number of hydrogen-bond acceptors (Lipinski definition) is 4. The van der Waals surface area contributed by atoms with Crippen molar-refractivity contribution in [2.45, 2.75) is 25.9 Å². The van der Waals surface area contributed by atoms with Crippen LogP contribution < -0.4 is 5.32 Å². The molecule has 0 unspecified atom stereocenters. The van der Waals surface area contributed by atoms with E-state index in [1.807, 2.05) is 18.2 Å². The van der Waals surface area contributed by atoms with Gasteiger partial charge in [0.25, 0.3) is 5.89 Å². The van der Waals surface area contributed by atoms with Gasteiger partial charge in [-0.05, 0) is 37.4 Å². The Labute approximate surface area is 162 Å². The van der Waals surface area contributed by atoms with E-state index in [0.29, 0.717) is 11.8 Å². The molecule has 5 heteroatoms. The van der Waals surface area contributed by atoms with Crippen molar-refractivity contribution >= 4 is 11.3 Å². The van der Waals surface area contributed by atoms with Crippen molar-refractivity contribution in [1.29, 1.82) is 0 Å². The van der Waals surface area contributed by atoms with E-state index in [1.54, 1.807) is 11.3 Å². The Kier molecular flexibility index (Phi) is 5.14. The van der Waals surface area contributed by atoms with E-state index in [9.17, 15) is 0 Å². The molecule has 2 atom stereocenters. The minimum Gasteiger partial charge on any atom is -0.415 e. The second kappa shape index (κ2) is 7.86. The first-order valence-corrected chi connectivity index (χ1v) is 9.92. The van der Waals surface area contributed by atoms with Crippen LogP contribution in [0.3, 0.4) is 0 Å². The molecule has 2 heterocycles. The molecule has 0 saturated heterocycles. The summed E-state index contributed by atoms with van der Waals surface area (Å²) >= 11 is 1.77. The number of aromatic nitrogens is 2. The van der Waals surface area contributed by atoms with Crippen LogP contribution in [0.2, 0.25) is 0 Å². The molecule has 0 bridgehead atoms. The van der Waals surface area contributed by atoms with Crippen LogP contribution in [0, 0.1) is 6.92 Å². The molecule has 0 aliphatic rings. The van der Waals surface area contributed by atoms with Crippen molar-refractivity contribution in [3.63, 3.8) is 0 Å². The van der Waals surface area contributed by atoms with Crippen molar-refractivity contribution in [3.05, 3.63) is 94.0 Å². The molecule has 2 aromatic heterocycles. The predicted octanol–water partition coefficient (Wildman–Crippen LogP) is 4.52. The van der Waals surface area contributed by atoms with E-state index < -0.39 is 0 Å². The zero-order valence-corrected chi connectivity index (χ0v) is 16.2. The van der Waals surface area contributed by atoms with E-state index >= 15 is 0 Å². The van der Waals surface area contributed by atoms with E-state index in [4.69, 9.17) is 4.42 Å². The maximum atomic E-state index is 5.99. The second-order valence-electron chi connectivity index (χ2n) is 6.70. The third-order valence-corrected chi connectivity index (χ3v) is 5.54. The lowest BCUT2D eigenvalue weighted by atomic mass is 10.0. The summed E-state index contributed by atoms with van der Waals surface area (Å²) in [4.78, 5) is 1.31. The summed E-state index contributed by atoms with van der Waals surface area (Å²) in [5.41, 5.74) is 3.40. The molecule has 27 heavy (non-hydrogen) atoms. The smallest absolute Gasteiger partial charge is 0.274 e. The lowest BCUT2D eigenvalue weighted by Crippen LogP contribution is -2.85. The Balaban J connectivity index is 1.58. The topological polar surface area (TPSA) is 55.5 Å². The highest BCUT2D eigenvalue weighted by atomic mass is 32.1. The Bertz CT molecular complexity index is 995. The molecule has 0 aliphatic carbocycles. The van der Waals surface area contributed by atoms with Crippen LogP contribution in [0.4, 0.5) is 0 Å². The first kappa shape index (κ1) is 17.6. The van der Waals surface area contributed by atoms with Crippen LogP contribution in [-0.4, -0.2) is 10.2 Å². The minimum absolute atomic E-state index is 0.0448. The third-order valence-electron chi connectivity index (χ3n) is 4.58. The maximum absolute atomic E-state index is 5.99. The number of rotatable bonds is 6. The lowest BCUT2D eigenvalue weighted by Gasteiger charge is -2.17. The Hall–Kier alpha value is -2.76. The number of hydrogen-bond donors (Lipinski definition) is 1. The summed E-state index contributed by atoms with van der Waals surface area (Å²) in [5.74, 6) is 1.21. The number of nitrogens with two attached hydrogens (primary N) is 1. The quantitative estimate of drug-likeness (QED) is 0.538. The van der Waals surface area contributed by atoms with Crippen molar-refractivity contribution < 1.29 is 9.73 Å². The molecular weight excluding hydrogens is 354 g/mol. The highest BCUT2D eigenvalue weighted by molar-refractivity contribution is 7.10. The zero-order valence-electron chi connectivity index (χ0n) is 15.4. The Morgan fingerprint density at radius 2 is 1.81 bits per heavy atom. The van der Waals surface area contributed by atoms with Gasteiger partial charge in [-0.15, -0.1) is 21.5 Å². The van der Waals surface area contributed by atoms with Gasteiger partial charge in [0.2, 0.25) is 5.89 Å². The number of aryl methyl sites for hydroxylation is 1. The first-order chi connectivity index (χ1) is 13.2. The molecular formula is C22H22N3OS+. The average Bonchev–Trinajstić information content (AvgIpc) is 3.39. The number of nitrogens with zero attached hydrogens (tertiary/aromatic N) is 2. The second-order valence-corrected chi connectivity index (χ2v) is 7.68.